The van der Waals surface area contributed by atoms with Gasteiger partial charge in [-0.1, -0.05) is 25.4 Å². The lowest BCUT2D eigenvalue weighted by Crippen LogP contribution is -2.39. The summed E-state index contributed by atoms with van der Waals surface area (Å²) < 4.78 is 0. The molecule has 0 saturated carbocycles. The first-order valence-corrected chi connectivity index (χ1v) is 5.78. The van der Waals surface area contributed by atoms with E-state index >= 15 is 0 Å². The van der Waals surface area contributed by atoms with E-state index in [0.717, 1.165) is 18.9 Å². The standard InChI is InChI=1S/C11H19ClN4/c1-4-16(7-11(2,3)6-13)10-9(12)5-14-8-15-10/h5,8H,4,6-7,13H2,1-3H3. The van der Waals surface area contributed by atoms with E-state index in [0.29, 0.717) is 11.6 Å². The van der Waals surface area contributed by atoms with Crippen molar-refractivity contribution < 1.29 is 0 Å². The number of hydrogen-bond donors (Lipinski definition) is 1. The first-order chi connectivity index (χ1) is 7.50. The lowest BCUT2D eigenvalue weighted by molar-refractivity contribution is 0.378. The summed E-state index contributed by atoms with van der Waals surface area (Å²) in [4.78, 5) is 10.2. The molecule has 0 aliphatic rings. The van der Waals surface area contributed by atoms with Gasteiger partial charge in [-0.15, -0.1) is 0 Å². The maximum atomic E-state index is 6.07. The van der Waals surface area contributed by atoms with Gasteiger partial charge in [-0.05, 0) is 18.9 Å². The molecule has 0 radical (unpaired) electrons. The van der Waals surface area contributed by atoms with Crippen LogP contribution in [0, 0.1) is 5.41 Å². The van der Waals surface area contributed by atoms with Gasteiger partial charge in [0, 0.05) is 13.1 Å². The van der Waals surface area contributed by atoms with Crippen molar-refractivity contribution in [2.45, 2.75) is 20.8 Å². The van der Waals surface area contributed by atoms with Crippen LogP contribution in [0.15, 0.2) is 12.5 Å². The molecule has 0 atom stereocenters. The van der Waals surface area contributed by atoms with Gasteiger partial charge in [0.2, 0.25) is 0 Å². The molecule has 0 amide bonds. The van der Waals surface area contributed by atoms with Crippen molar-refractivity contribution in [2.75, 3.05) is 24.5 Å². The van der Waals surface area contributed by atoms with Crippen LogP contribution in [0.1, 0.15) is 20.8 Å². The van der Waals surface area contributed by atoms with Gasteiger partial charge in [0.15, 0.2) is 5.82 Å². The molecule has 0 aromatic carbocycles. The fraction of sp³-hybridized carbons (Fsp3) is 0.636. The van der Waals surface area contributed by atoms with Crippen LogP contribution in [-0.2, 0) is 0 Å². The minimum atomic E-state index is 0.0459. The summed E-state index contributed by atoms with van der Waals surface area (Å²) in [5.41, 5.74) is 5.78. The normalized spacial score (nSPS) is 11.6. The zero-order chi connectivity index (χ0) is 12.2. The van der Waals surface area contributed by atoms with Crippen LogP contribution in [0.4, 0.5) is 5.82 Å². The minimum Gasteiger partial charge on any atom is -0.355 e. The molecule has 16 heavy (non-hydrogen) atoms. The van der Waals surface area contributed by atoms with Crippen molar-refractivity contribution in [3.05, 3.63) is 17.5 Å². The van der Waals surface area contributed by atoms with Gasteiger partial charge in [0.1, 0.15) is 11.3 Å². The van der Waals surface area contributed by atoms with Crippen LogP contribution in [0.25, 0.3) is 0 Å². The van der Waals surface area contributed by atoms with E-state index in [1.165, 1.54) is 6.33 Å². The predicted molar refractivity (Wildman–Crippen MR) is 67.8 cm³/mol. The molecule has 0 unspecified atom stereocenters. The van der Waals surface area contributed by atoms with E-state index in [4.69, 9.17) is 17.3 Å². The molecule has 5 heteroatoms. The van der Waals surface area contributed by atoms with Crippen molar-refractivity contribution in [2.24, 2.45) is 11.1 Å². The van der Waals surface area contributed by atoms with E-state index in [-0.39, 0.29) is 5.41 Å². The number of rotatable bonds is 5. The second-order valence-corrected chi connectivity index (χ2v) is 4.98. The lowest BCUT2D eigenvalue weighted by Gasteiger charge is -2.32. The second-order valence-electron chi connectivity index (χ2n) is 4.58. The maximum absolute atomic E-state index is 6.07. The Kier molecular flexibility index (Phi) is 4.50. The Morgan fingerprint density at radius 3 is 2.69 bits per heavy atom. The van der Waals surface area contributed by atoms with Crippen molar-refractivity contribution >= 4 is 17.4 Å². The number of nitrogens with two attached hydrogens (primary N) is 1. The molecular weight excluding hydrogens is 224 g/mol. The van der Waals surface area contributed by atoms with Crippen LogP contribution in [0.5, 0.6) is 0 Å². The van der Waals surface area contributed by atoms with Crippen LogP contribution in [0.3, 0.4) is 0 Å². The van der Waals surface area contributed by atoms with E-state index in [2.05, 4.69) is 35.6 Å². The Bertz CT molecular complexity index is 341. The largest absolute Gasteiger partial charge is 0.355 e. The summed E-state index contributed by atoms with van der Waals surface area (Å²) in [5, 5.41) is 0.581. The average Bonchev–Trinajstić information content (AvgIpc) is 2.27. The highest BCUT2D eigenvalue weighted by Gasteiger charge is 2.21. The van der Waals surface area contributed by atoms with Gasteiger partial charge in [-0.3, -0.25) is 0 Å². The number of halogens is 1. The highest BCUT2D eigenvalue weighted by atomic mass is 35.5. The second kappa shape index (κ2) is 5.46. The molecule has 90 valence electrons. The summed E-state index contributed by atoms with van der Waals surface area (Å²) in [5.74, 6) is 0.778. The van der Waals surface area contributed by atoms with Crippen molar-refractivity contribution in [1.29, 1.82) is 0 Å². The summed E-state index contributed by atoms with van der Waals surface area (Å²) >= 11 is 6.07. The number of anilines is 1. The molecule has 1 heterocycles. The Balaban J connectivity index is 2.87. The topological polar surface area (TPSA) is 55.0 Å². The third-order valence-corrected chi connectivity index (χ3v) is 2.77. The molecule has 1 rings (SSSR count). The van der Waals surface area contributed by atoms with E-state index in [1.807, 2.05) is 0 Å². The molecule has 0 saturated heterocycles. The van der Waals surface area contributed by atoms with Gasteiger partial charge >= 0.3 is 0 Å². The Morgan fingerprint density at radius 1 is 1.50 bits per heavy atom. The number of nitrogens with zero attached hydrogens (tertiary/aromatic N) is 3. The molecule has 0 fully saturated rings. The quantitative estimate of drug-likeness (QED) is 0.858. The first-order valence-electron chi connectivity index (χ1n) is 5.40. The van der Waals surface area contributed by atoms with Gasteiger partial charge in [0.05, 0.1) is 6.20 Å². The molecule has 0 aliphatic carbocycles. The Hall–Kier alpha value is -0.870. The third kappa shape index (κ3) is 3.32. The zero-order valence-corrected chi connectivity index (χ0v) is 10.8. The fourth-order valence-electron chi connectivity index (χ4n) is 1.46. The maximum Gasteiger partial charge on any atom is 0.150 e. The highest BCUT2D eigenvalue weighted by Crippen LogP contribution is 2.24. The molecule has 0 aliphatic heterocycles. The number of aromatic nitrogens is 2. The van der Waals surface area contributed by atoms with Crippen molar-refractivity contribution in [3.8, 4) is 0 Å². The molecule has 0 spiro atoms. The summed E-state index contributed by atoms with van der Waals surface area (Å²) in [6, 6.07) is 0. The van der Waals surface area contributed by atoms with Gasteiger partial charge in [0.25, 0.3) is 0 Å². The molecule has 1 aromatic heterocycles. The smallest absolute Gasteiger partial charge is 0.150 e. The monoisotopic (exact) mass is 242 g/mol. The predicted octanol–water partition coefficient (Wildman–Crippen LogP) is 1.94. The molecule has 1 aromatic rings. The first kappa shape index (κ1) is 13.2. The molecule has 4 nitrogen and oxygen atoms in total. The molecule has 2 N–H and O–H groups in total. The number of hydrogen-bond acceptors (Lipinski definition) is 4. The minimum absolute atomic E-state index is 0.0459. The summed E-state index contributed by atoms with van der Waals surface area (Å²) in [6.45, 7) is 8.64. The summed E-state index contributed by atoms with van der Waals surface area (Å²) in [6.07, 6.45) is 3.13. The summed E-state index contributed by atoms with van der Waals surface area (Å²) in [7, 11) is 0. The molecule has 0 bridgehead atoms. The van der Waals surface area contributed by atoms with Crippen LogP contribution in [0.2, 0.25) is 5.02 Å². The van der Waals surface area contributed by atoms with Crippen LogP contribution in [-0.4, -0.2) is 29.6 Å². The third-order valence-electron chi connectivity index (χ3n) is 2.50. The molecular formula is C11H19ClN4. The van der Waals surface area contributed by atoms with E-state index in [1.54, 1.807) is 6.20 Å². The zero-order valence-electron chi connectivity index (χ0n) is 10.1. The highest BCUT2D eigenvalue weighted by molar-refractivity contribution is 6.32. The lowest BCUT2D eigenvalue weighted by atomic mass is 9.93. The fourth-order valence-corrected chi connectivity index (χ4v) is 1.68. The van der Waals surface area contributed by atoms with Crippen molar-refractivity contribution in [3.63, 3.8) is 0 Å². The van der Waals surface area contributed by atoms with Crippen LogP contribution < -0.4 is 10.6 Å². The SMILES string of the molecule is CCN(CC(C)(C)CN)c1ncncc1Cl. The van der Waals surface area contributed by atoms with Gasteiger partial charge in [-0.2, -0.15) is 0 Å². The Labute approximate surface area is 102 Å². The van der Waals surface area contributed by atoms with Gasteiger partial charge in [-0.25, -0.2) is 9.97 Å². The van der Waals surface area contributed by atoms with Gasteiger partial charge < -0.3 is 10.6 Å². The van der Waals surface area contributed by atoms with Crippen molar-refractivity contribution in [1.82, 2.24) is 9.97 Å². The Morgan fingerprint density at radius 2 is 2.19 bits per heavy atom. The van der Waals surface area contributed by atoms with Crippen LogP contribution >= 0.6 is 11.6 Å². The average molecular weight is 243 g/mol. The van der Waals surface area contributed by atoms with E-state index < -0.39 is 0 Å². The van der Waals surface area contributed by atoms with E-state index in [9.17, 15) is 0 Å².